The summed E-state index contributed by atoms with van der Waals surface area (Å²) in [6.45, 7) is 0.402. The van der Waals surface area contributed by atoms with Gasteiger partial charge in [-0.05, 0) is 55.2 Å². The van der Waals surface area contributed by atoms with Gasteiger partial charge in [0, 0.05) is 12.2 Å². The van der Waals surface area contributed by atoms with Crippen LogP contribution in [-0.4, -0.2) is 15.0 Å². The van der Waals surface area contributed by atoms with Crippen molar-refractivity contribution in [1.29, 1.82) is 5.26 Å². The van der Waals surface area contributed by atoms with E-state index in [1.807, 2.05) is 6.07 Å². The minimum absolute atomic E-state index is 0.174. The van der Waals surface area contributed by atoms with Gasteiger partial charge in [0.05, 0.1) is 22.2 Å². The van der Waals surface area contributed by atoms with Crippen LogP contribution < -0.4 is 10.0 Å². The van der Waals surface area contributed by atoms with Crippen molar-refractivity contribution < 1.29 is 8.42 Å². The largest absolute Gasteiger partial charge is 0.399 e. The molecular weight excluding hydrogens is 310 g/mol. The summed E-state index contributed by atoms with van der Waals surface area (Å²) in [6.07, 6.45) is 2.50. The van der Waals surface area contributed by atoms with E-state index in [2.05, 4.69) is 6.07 Å². The van der Waals surface area contributed by atoms with Crippen LogP contribution in [0.4, 0.5) is 11.4 Å². The van der Waals surface area contributed by atoms with Crippen LogP contribution in [0.3, 0.4) is 0 Å². The highest BCUT2D eigenvalue weighted by Crippen LogP contribution is 2.32. The number of nitrogen functional groups attached to an aromatic ring is 1. The molecule has 0 saturated heterocycles. The smallest absolute Gasteiger partial charge is 0.264 e. The highest BCUT2D eigenvalue weighted by Gasteiger charge is 2.28. The Bertz CT molecular complexity index is 885. The minimum Gasteiger partial charge on any atom is -0.399 e. The maximum Gasteiger partial charge on any atom is 0.264 e. The van der Waals surface area contributed by atoms with Gasteiger partial charge < -0.3 is 5.73 Å². The molecule has 2 aromatic rings. The predicted octanol–water partition coefficient (Wildman–Crippen LogP) is 2.67. The molecular formula is C17H17N3O2S. The Morgan fingerprint density at radius 3 is 2.70 bits per heavy atom. The molecule has 0 radical (unpaired) electrons. The fraction of sp³-hybridized carbons (Fsp3) is 0.235. The van der Waals surface area contributed by atoms with Gasteiger partial charge >= 0.3 is 0 Å². The fourth-order valence-electron chi connectivity index (χ4n) is 2.82. The fourth-order valence-corrected chi connectivity index (χ4v) is 4.41. The van der Waals surface area contributed by atoms with Gasteiger partial charge in [0.15, 0.2) is 0 Å². The van der Waals surface area contributed by atoms with E-state index in [1.165, 1.54) is 10.4 Å². The Hall–Kier alpha value is -2.52. The molecule has 2 aromatic carbocycles. The lowest BCUT2D eigenvalue weighted by molar-refractivity contribution is 0.589. The van der Waals surface area contributed by atoms with Crippen LogP contribution in [0, 0.1) is 11.3 Å². The van der Waals surface area contributed by atoms with Crippen molar-refractivity contribution in [2.24, 2.45) is 0 Å². The number of benzene rings is 2. The normalized spacial score (nSPS) is 14.7. The molecule has 0 amide bonds. The van der Waals surface area contributed by atoms with E-state index in [0.29, 0.717) is 23.5 Å². The molecule has 0 aromatic heterocycles. The number of nitriles is 1. The van der Waals surface area contributed by atoms with E-state index in [0.717, 1.165) is 24.8 Å². The molecule has 0 bridgehead atoms. The van der Waals surface area contributed by atoms with Crippen molar-refractivity contribution in [3.63, 3.8) is 0 Å². The van der Waals surface area contributed by atoms with Crippen molar-refractivity contribution in [3.05, 3.63) is 53.6 Å². The maximum absolute atomic E-state index is 13.0. The number of sulfonamides is 1. The molecule has 0 saturated carbocycles. The summed E-state index contributed by atoms with van der Waals surface area (Å²) in [5.41, 5.74) is 8.15. The summed E-state index contributed by atoms with van der Waals surface area (Å²) in [4.78, 5) is 0.174. The third-order valence-corrected chi connectivity index (χ3v) is 5.80. The van der Waals surface area contributed by atoms with Gasteiger partial charge in [-0.2, -0.15) is 5.26 Å². The molecule has 0 fully saturated rings. The van der Waals surface area contributed by atoms with Crippen molar-refractivity contribution in [2.75, 3.05) is 16.6 Å². The van der Waals surface area contributed by atoms with E-state index in [1.54, 1.807) is 30.3 Å². The number of rotatable bonds is 2. The summed E-state index contributed by atoms with van der Waals surface area (Å²) in [5, 5.41) is 9.12. The molecule has 118 valence electrons. The summed E-state index contributed by atoms with van der Waals surface area (Å²) in [5.74, 6) is 0. The molecule has 0 atom stereocenters. The van der Waals surface area contributed by atoms with E-state index < -0.39 is 10.0 Å². The first-order valence-corrected chi connectivity index (χ1v) is 8.88. The van der Waals surface area contributed by atoms with Gasteiger partial charge in [-0.3, -0.25) is 4.31 Å². The van der Waals surface area contributed by atoms with Crippen molar-refractivity contribution >= 4 is 21.4 Å². The first-order valence-electron chi connectivity index (χ1n) is 7.44. The highest BCUT2D eigenvalue weighted by molar-refractivity contribution is 7.92. The number of hydrogen-bond donors (Lipinski definition) is 1. The molecule has 6 heteroatoms. The zero-order valence-electron chi connectivity index (χ0n) is 12.6. The van der Waals surface area contributed by atoms with Crippen molar-refractivity contribution in [3.8, 4) is 6.07 Å². The molecule has 1 aliphatic heterocycles. The first-order chi connectivity index (χ1) is 11.0. The molecule has 0 spiro atoms. The number of nitrogens with two attached hydrogens (primary N) is 1. The average molecular weight is 327 g/mol. The van der Waals surface area contributed by atoms with Gasteiger partial charge in [-0.25, -0.2) is 8.42 Å². The lowest BCUT2D eigenvalue weighted by atomic mass is 10.1. The Kier molecular flexibility index (Phi) is 3.97. The number of nitrogens with zero attached hydrogens (tertiary/aromatic N) is 2. The predicted molar refractivity (Wildman–Crippen MR) is 89.5 cm³/mol. The molecule has 1 heterocycles. The molecule has 1 aliphatic rings. The van der Waals surface area contributed by atoms with Gasteiger partial charge in [0.2, 0.25) is 0 Å². The Labute approximate surface area is 136 Å². The minimum atomic E-state index is -3.70. The van der Waals surface area contributed by atoms with E-state index >= 15 is 0 Å². The van der Waals surface area contributed by atoms with Crippen LogP contribution in [0.5, 0.6) is 0 Å². The van der Waals surface area contributed by atoms with Crippen LogP contribution in [0.1, 0.15) is 24.0 Å². The Morgan fingerprint density at radius 1 is 1.13 bits per heavy atom. The Morgan fingerprint density at radius 2 is 1.96 bits per heavy atom. The van der Waals surface area contributed by atoms with Gasteiger partial charge in [0.1, 0.15) is 0 Å². The van der Waals surface area contributed by atoms with E-state index in [9.17, 15) is 8.42 Å². The molecule has 0 aliphatic carbocycles. The van der Waals surface area contributed by atoms with Gasteiger partial charge in [-0.15, -0.1) is 0 Å². The highest BCUT2D eigenvalue weighted by atomic mass is 32.2. The summed E-state index contributed by atoms with van der Waals surface area (Å²) >= 11 is 0. The van der Waals surface area contributed by atoms with Crippen LogP contribution in [0.15, 0.2) is 47.4 Å². The third-order valence-electron chi connectivity index (χ3n) is 3.99. The monoisotopic (exact) mass is 327 g/mol. The van der Waals surface area contributed by atoms with Crippen molar-refractivity contribution in [1.82, 2.24) is 0 Å². The third kappa shape index (κ3) is 2.88. The number of hydrogen-bond acceptors (Lipinski definition) is 4. The van der Waals surface area contributed by atoms with Gasteiger partial charge in [-0.1, -0.05) is 12.1 Å². The van der Waals surface area contributed by atoms with Crippen LogP contribution in [0.25, 0.3) is 0 Å². The first kappa shape index (κ1) is 15.4. The Balaban J connectivity index is 2.15. The molecule has 0 unspecified atom stereocenters. The lowest BCUT2D eigenvalue weighted by Crippen LogP contribution is -2.32. The maximum atomic E-state index is 13.0. The number of anilines is 2. The number of aryl methyl sites for hydroxylation is 1. The molecule has 3 rings (SSSR count). The molecule has 23 heavy (non-hydrogen) atoms. The van der Waals surface area contributed by atoms with E-state index in [4.69, 9.17) is 11.0 Å². The number of fused-ring (bicyclic) bond motifs is 1. The quantitative estimate of drug-likeness (QED) is 0.859. The zero-order chi connectivity index (χ0) is 16.4. The SMILES string of the molecule is N#Cc1ccc2c(c1)N(S(=O)(=O)c1cccc(N)c1)CCCC2. The topological polar surface area (TPSA) is 87.2 Å². The molecule has 2 N–H and O–H groups in total. The lowest BCUT2D eigenvalue weighted by Gasteiger charge is -2.25. The summed E-state index contributed by atoms with van der Waals surface area (Å²) in [6, 6.07) is 13.6. The van der Waals surface area contributed by atoms with Crippen LogP contribution >= 0.6 is 0 Å². The summed E-state index contributed by atoms with van der Waals surface area (Å²) < 4.78 is 27.5. The second-order valence-corrected chi connectivity index (χ2v) is 7.42. The van der Waals surface area contributed by atoms with Crippen LogP contribution in [-0.2, 0) is 16.4 Å². The van der Waals surface area contributed by atoms with Gasteiger partial charge in [0.25, 0.3) is 10.0 Å². The zero-order valence-corrected chi connectivity index (χ0v) is 13.4. The molecule has 5 nitrogen and oxygen atoms in total. The second kappa shape index (κ2) is 5.94. The van der Waals surface area contributed by atoms with Crippen LogP contribution in [0.2, 0.25) is 0 Å². The summed E-state index contributed by atoms with van der Waals surface area (Å²) in [7, 11) is -3.70. The average Bonchev–Trinajstić information content (AvgIpc) is 2.76. The van der Waals surface area contributed by atoms with Crippen molar-refractivity contribution in [2.45, 2.75) is 24.2 Å². The standard InChI is InChI=1S/C17H17N3O2S/c18-12-13-7-8-14-4-1-2-9-20(17(14)10-13)23(21,22)16-6-3-5-15(19)11-16/h3,5-8,10-11H,1-2,4,9,19H2. The second-order valence-electron chi connectivity index (χ2n) is 5.56. The van der Waals surface area contributed by atoms with E-state index in [-0.39, 0.29) is 4.90 Å².